The SMILES string of the molecule is CCc1cnn([C@H]2C[C@@H](n3cnc4c(NCC(c5ccccc5)c5ccccc5)nc(N5CC[C@@H](N)C5)nc43)[C@H](O)[C@@H]2O)c1.O=C(O)C(F)(F)F. The summed E-state index contributed by atoms with van der Waals surface area (Å²) in [6.45, 7) is 4.10. The Morgan fingerprint density at radius 1 is 1.02 bits per heavy atom. The van der Waals surface area contributed by atoms with E-state index in [0.29, 0.717) is 42.4 Å². The van der Waals surface area contributed by atoms with Gasteiger partial charge in [0.15, 0.2) is 17.0 Å². The number of aryl methyl sites for hydroxylation is 1. The molecule has 1 saturated heterocycles. The van der Waals surface area contributed by atoms with Crippen molar-refractivity contribution in [3.05, 3.63) is 96.1 Å². The Balaban J connectivity index is 0.000000582. The van der Waals surface area contributed by atoms with Crippen LogP contribution in [0.5, 0.6) is 0 Å². The highest BCUT2D eigenvalue weighted by Crippen LogP contribution is 2.40. The van der Waals surface area contributed by atoms with Crippen LogP contribution in [0.15, 0.2) is 79.4 Å². The quantitative estimate of drug-likeness (QED) is 0.150. The third-order valence-corrected chi connectivity index (χ3v) is 9.42. The molecule has 4 heterocycles. The van der Waals surface area contributed by atoms with Gasteiger partial charge in [0, 0.05) is 37.8 Å². The number of aromatic nitrogens is 6. The van der Waals surface area contributed by atoms with E-state index in [1.807, 2.05) is 29.1 Å². The van der Waals surface area contributed by atoms with E-state index in [-0.39, 0.29) is 18.0 Å². The molecule has 0 bridgehead atoms. The summed E-state index contributed by atoms with van der Waals surface area (Å²) in [6, 6.07) is 20.1. The fourth-order valence-electron chi connectivity index (χ4n) is 6.64. The molecule has 0 unspecified atom stereocenters. The number of carboxylic acids is 1. The number of benzene rings is 2. The maximum atomic E-state index is 11.3. The maximum absolute atomic E-state index is 11.3. The van der Waals surface area contributed by atoms with Gasteiger partial charge in [-0.05, 0) is 36.0 Å². The van der Waals surface area contributed by atoms with Gasteiger partial charge in [-0.15, -0.1) is 0 Å². The van der Waals surface area contributed by atoms with Gasteiger partial charge in [0.05, 0.1) is 24.6 Å². The second-order valence-corrected chi connectivity index (χ2v) is 12.8. The number of imidazole rings is 1. The van der Waals surface area contributed by atoms with Crippen molar-refractivity contribution < 1.29 is 33.3 Å². The lowest BCUT2D eigenvalue weighted by molar-refractivity contribution is -0.192. The number of carboxylic acid groups (broad SMARTS) is 1. The summed E-state index contributed by atoms with van der Waals surface area (Å²) in [5.74, 6) is -1.46. The number of hydrogen-bond acceptors (Lipinski definition) is 10. The molecule has 3 aromatic heterocycles. The molecule has 7 rings (SSSR count). The van der Waals surface area contributed by atoms with Crippen LogP contribution in [0.25, 0.3) is 11.2 Å². The summed E-state index contributed by atoms with van der Waals surface area (Å²) in [6.07, 6.45) is 0.605. The highest BCUT2D eigenvalue weighted by atomic mass is 19.4. The number of carbonyl (C=O) groups is 1. The Bertz CT molecular complexity index is 1880. The molecule has 6 N–H and O–H groups in total. The summed E-state index contributed by atoms with van der Waals surface area (Å²) < 4.78 is 35.4. The molecule has 0 spiro atoms. The second kappa shape index (κ2) is 15.0. The summed E-state index contributed by atoms with van der Waals surface area (Å²) >= 11 is 0. The fraction of sp³-hybridized carbons (Fsp3) is 0.400. The van der Waals surface area contributed by atoms with E-state index < -0.39 is 30.4 Å². The minimum Gasteiger partial charge on any atom is -0.475 e. The lowest BCUT2D eigenvalue weighted by Gasteiger charge is -2.22. The number of hydrogen-bond donors (Lipinski definition) is 5. The largest absolute Gasteiger partial charge is 0.490 e. The molecular formula is C35H40F3N9O4. The summed E-state index contributed by atoms with van der Waals surface area (Å²) in [5, 5.41) is 37.6. The number of aliphatic hydroxyl groups excluding tert-OH is 2. The Labute approximate surface area is 291 Å². The minimum atomic E-state index is -5.08. The van der Waals surface area contributed by atoms with Gasteiger partial charge in [-0.3, -0.25) is 4.68 Å². The molecule has 0 amide bonds. The molecule has 5 aromatic rings. The van der Waals surface area contributed by atoms with Gasteiger partial charge < -0.3 is 35.8 Å². The van der Waals surface area contributed by atoms with Gasteiger partial charge in [0.1, 0.15) is 12.2 Å². The number of alkyl halides is 3. The van der Waals surface area contributed by atoms with Crippen LogP contribution in [0.4, 0.5) is 24.9 Å². The molecule has 16 heteroatoms. The average molecular weight is 708 g/mol. The zero-order valence-corrected chi connectivity index (χ0v) is 27.8. The number of nitrogens with one attached hydrogen (secondary N) is 1. The van der Waals surface area contributed by atoms with Gasteiger partial charge in [-0.25, -0.2) is 9.78 Å². The van der Waals surface area contributed by atoms with Crippen molar-refractivity contribution >= 4 is 28.9 Å². The maximum Gasteiger partial charge on any atom is 0.490 e. The zero-order valence-electron chi connectivity index (χ0n) is 27.8. The predicted octanol–water partition coefficient (Wildman–Crippen LogP) is 3.91. The first kappa shape index (κ1) is 35.8. The molecule has 2 fully saturated rings. The number of nitrogens with two attached hydrogens (primary N) is 1. The second-order valence-electron chi connectivity index (χ2n) is 12.8. The van der Waals surface area contributed by atoms with Gasteiger partial charge >= 0.3 is 12.1 Å². The van der Waals surface area contributed by atoms with Crippen LogP contribution in [0.1, 0.15) is 54.5 Å². The topological polar surface area (TPSA) is 180 Å². The van der Waals surface area contributed by atoms with E-state index in [2.05, 4.69) is 70.8 Å². The van der Waals surface area contributed by atoms with Crippen LogP contribution >= 0.6 is 0 Å². The van der Waals surface area contributed by atoms with Gasteiger partial charge in [0.25, 0.3) is 0 Å². The number of rotatable bonds is 9. The van der Waals surface area contributed by atoms with E-state index in [1.54, 1.807) is 11.0 Å². The Morgan fingerprint density at radius 2 is 1.65 bits per heavy atom. The minimum absolute atomic E-state index is 0.0609. The number of halogens is 3. The van der Waals surface area contributed by atoms with Crippen molar-refractivity contribution in [1.82, 2.24) is 29.3 Å². The van der Waals surface area contributed by atoms with Crippen LogP contribution < -0.4 is 16.0 Å². The molecule has 1 aliphatic carbocycles. The third kappa shape index (κ3) is 7.82. The number of aliphatic carboxylic acids is 1. The Hall–Kier alpha value is -5.06. The van der Waals surface area contributed by atoms with Crippen molar-refractivity contribution in [1.29, 1.82) is 0 Å². The average Bonchev–Trinajstić information content (AvgIpc) is 3.93. The van der Waals surface area contributed by atoms with Gasteiger partial charge in [-0.1, -0.05) is 67.6 Å². The summed E-state index contributed by atoms with van der Waals surface area (Å²) in [5.41, 5.74) is 11.0. The molecule has 13 nitrogen and oxygen atoms in total. The molecule has 270 valence electrons. The van der Waals surface area contributed by atoms with Crippen LogP contribution in [-0.4, -0.2) is 94.6 Å². The van der Waals surface area contributed by atoms with Crippen molar-refractivity contribution in [2.45, 2.75) is 68.6 Å². The molecule has 1 saturated carbocycles. The molecule has 51 heavy (non-hydrogen) atoms. The molecule has 0 radical (unpaired) electrons. The number of nitrogens with zero attached hydrogens (tertiary/aromatic N) is 7. The van der Waals surface area contributed by atoms with Crippen molar-refractivity contribution in [2.75, 3.05) is 29.9 Å². The van der Waals surface area contributed by atoms with Crippen molar-refractivity contribution in [2.24, 2.45) is 5.73 Å². The van der Waals surface area contributed by atoms with Crippen molar-refractivity contribution in [3.63, 3.8) is 0 Å². The molecule has 2 aromatic carbocycles. The normalized spacial score (nSPS) is 22.0. The number of aliphatic hydroxyl groups is 2. The van der Waals surface area contributed by atoms with E-state index in [0.717, 1.165) is 24.9 Å². The monoisotopic (exact) mass is 707 g/mol. The zero-order chi connectivity index (χ0) is 36.3. The first-order chi connectivity index (χ1) is 24.4. The van der Waals surface area contributed by atoms with E-state index in [4.69, 9.17) is 30.6 Å². The highest BCUT2D eigenvalue weighted by molar-refractivity contribution is 5.84. The number of fused-ring (bicyclic) bond motifs is 1. The van der Waals surface area contributed by atoms with E-state index in [9.17, 15) is 23.4 Å². The first-order valence-corrected chi connectivity index (χ1v) is 16.7. The number of anilines is 2. The third-order valence-electron chi connectivity index (χ3n) is 9.42. The standard InChI is InChI=1S/C33H39N9O2.C2HF3O2/c1-2-21-16-37-42(18-21)27-15-26(29(43)30(27)44)41-20-36-28-31(38-33(39-32(28)41)40-14-13-24(34)19-40)35-17-25(22-9-5-3-6-10-22)23-11-7-4-8-12-23;3-2(4,5)1(6)7/h3-12,16,18,20,24-27,29-30,43-44H,2,13-15,17,19,34H2,1H3,(H,35,38,39);(H,6,7)/t24-,26-,27+,29+,30-;/m1./s1. The summed E-state index contributed by atoms with van der Waals surface area (Å²) in [7, 11) is 0. The Kier molecular flexibility index (Phi) is 10.5. The lowest BCUT2D eigenvalue weighted by Crippen LogP contribution is -2.30. The van der Waals surface area contributed by atoms with Crippen LogP contribution in [0.2, 0.25) is 0 Å². The summed E-state index contributed by atoms with van der Waals surface area (Å²) in [4.78, 5) is 25.7. The van der Waals surface area contributed by atoms with Crippen LogP contribution in [0, 0.1) is 0 Å². The van der Waals surface area contributed by atoms with Gasteiger partial charge in [-0.2, -0.15) is 28.2 Å². The Morgan fingerprint density at radius 3 is 2.20 bits per heavy atom. The first-order valence-electron chi connectivity index (χ1n) is 16.7. The van der Waals surface area contributed by atoms with Crippen LogP contribution in [0.3, 0.4) is 0 Å². The van der Waals surface area contributed by atoms with E-state index >= 15 is 0 Å². The van der Waals surface area contributed by atoms with Crippen LogP contribution in [-0.2, 0) is 11.2 Å². The predicted molar refractivity (Wildman–Crippen MR) is 183 cm³/mol. The van der Waals surface area contributed by atoms with E-state index in [1.165, 1.54) is 11.1 Å². The fourth-order valence-corrected chi connectivity index (χ4v) is 6.64. The highest BCUT2D eigenvalue weighted by Gasteiger charge is 2.44. The smallest absolute Gasteiger partial charge is 0.475 e. The van der Waals surface area contributed by atoms with Gasteiger partial charge in [0.2, 0.25) is 5.95 Å². The molecule has 1 aliphatic heterocycles. The lowest BCUT2D eigenvalue weighted by atomic mass is 9.91. The van der Waals surface area contributed by atoms with Crippen molar-refractivity contribution in [3.8, 4) is 0 Å². The molecule has 2 aliphatic rings. The molecule has 5 atom stereocenters. The molecular weight excluding hydrogens is 667 g/mol.